The molecule has 0 rings (SSSR count). The summed E-state index contributed by atoms with van der Waals surface area (Å²) in [6, 6.07) is 0. The summed E-state index contributed by atoms with van der Waals surface area (Å²) in [6.45, 7) is 11.8. The average molecular weight is 255 g/mol. The van der Waals surface area contributed by atoms with Crippen LogP contribution in [0.25, 0.3) is 0 Å². The molecule has 0 amide bonds. The number of hydrogen-bond acceptors (Lipinski definition) is 0. The van der Waals surface area contributed by atoms with Crippen LogP contribution in [0.15, 0.2) is 0 Å². The zero-order valence-electron chi connectivity index (χ0n) is 13.8. The minimum Gasteiger partial charge on any atom is -0.0654 e. The van der Waals surface area contributed by atoms with E-state index in [9.17, 15) is 0 Å². The maximum Gasteiger partial charge on any atom is -0.0414 e. The highest BCUT2D eigenvalue weighted by Gasteiger charge is 2.11. The first-order valence-corrected chi connectivity index (χ1v) is 8.60. The second-order valence-electron chi connectivity index (χ2n) is 6.79. The summed E-state index contributed by atoms with van der Waals surface area (Å²) < 4.78 is 0. The Morgan fingerprint density at radius 1 is 0.722 bits per heavy atom. The van der Waals surface area contributed by atoms with Gasteiger partial charge in [-0.25, -0.2) is 0 Å². The van der Waals surface area contributed by atoms with Crippen molar-refractivity contribution in [3.8, 4) is 0 Å². The first-order valence-electron chi connectivity index (χ1n) is 8.60. The van der Waals surface area contributed by atoms with Crippen molar-refractivity contribution in [1.29, 1.82) is 0 Å². The van der Waals surface area contributed by atoms with Crippen LogP contribution in [-0.4, -0.2) is 0 Å². The third-order valence-electron chi connectivity index (χ3n) is 4.26. The lowest BCUT2D eigenvalue weighted by Gasteiger charge is -2.19. The summed E-state index contributed by atoms with van der Waals surface area (Å²) in [5, 5.41) is 0. The van der Waals surface area contributed by atoms with Gasteiger partial charge in [0.15, 0.2) is 0 Å². The minimum atomic E-state index is 0.887. The van der Waals surface area contributed by atoms with Crippen molar-refractivity contribution in [2.45, 2.75) is 98.8 Å². The first-order chi connectivity index (χ1) is 8.60. The van der Waals surface area contributed by atoms with Crippen LogP contribution in [0.5, 0.6) is 0 Å². The maximum absolute atomic E-state index is 2.47. The van der Waals surface area contributed by atoms with Gasteiger partial charge in [0.05, 0.1) is 0 Å². The van der Waals surface area contributed by atoms with Gasteiger partial charge in [0, 0.05) is 0 Å². The normalized spacial score (nSPS) is 15.0. The molecule has 0 bridgehead atoms. The smallest absolute Gasteiger partial charge is 0.0414 e. The standard InChI is InChI=1S/C18H38/c1-6-8-9-14-18(7-2)15-17(5)13-11-10-12-16(3)4/h16-18H,6-15H2,1-5H3. The molecular weight excluding hydrogens is 216 g/mol. The zero-order valence-corrected chi connectivity index (χ0v) is 13.8. The molecule has 0 saturated carbocycles. The van der Waals surface area contributed by atoms with E-state index in [1.165, 1.54) is 64.2 Å². The average Bonchev–Trinajstić information content (AvgIpc) is 2.33. The molecule has 0 aliphatic heterocycles. The van der Waals surface area contributed by atoms with E-state index in [0.717, 1.165) is 17.8 Å². The summed E-state index contributed by atoms with van der Waals surface area (Å²) in [4.78, 5) is 0. The molecule has 0 heteroatoms. The van der Waals surface area contributed by atoms with Crippen LogP contribution >= 0.6 is 0 Å². The van der Waals surface area contributed by atoms with Crippen molar-refractivity contribution < 1.29 is 0 Å². The summed E-state index contributed by atoms with van der Waals surface area (Å²) in [6.07, 6.45) is 14.3. The van der Waals surface area contributed by atoms with E-state index in [0.29, 0.717) is 0 Å². The topological polar surface area (TPSA) is 0 Å². The van der Waals surface area contributed by atoms with Crippen molar-refractivity contribution in [3.63, 3.8) is 0 Å². The van der Waals surface area contributed by atoms with Gasteiger partial charge >= 0.3 is 0 Å². The van der Waals surface area contributed by atoms with Crippen molar-refractivity contribution >= 4 is 0 Å². The van der Waals surface area contributed by atoms with Crippen LogP contribution in [0.3, 0.4) is 0 Å². The second-order valence-corrected chi connectivity index (χ2v) is 6.79. The van der Waals surface area contributed by atoms with Crippen LogP contribution in [0, 0.1) is 17.8 Å². The van der Waals surface area contributed by atoms with Crippen LogP contribution in [0.1, 0.15) is 98.8 Å². The molecule has 0 fully saturated rings. The largest absolute Gasteiger partial charge is 0.0654 e. The quantitative estimate of drug-likeness (QED) is 0.335. The molecule has 0 aromatic rings. The fourth-order valence-corrected chi connectivity index (χ4v) is 2.90. The fourth-order valence-electron chi connectivity index (χ4n) is 2.90. The van der Waals surface area contributed by atoms with Crippen LogP contribution in [-0.2, 0) is 0 Å². The first kappa shape index (κ1) is 18.0. The maximum atomic E-state index is 2.47. The van der Waals surface area contributed by atoms with Crippen molar-refractivity contribution in [3.05, 3.63) is 0 Å². The molecule has 110 valence electrons. The van der Waals surface area contributed by atoms with Gasteiger partial charge in [-0.05, 0) is 24.2 Å². The second kappa shape index (κ2) is 12.1. The molecule has 18 heavy (non-hydrogen) atoms. The molecule has 0 saturated heterocycles. The SMILES string of the molecule is CCCCCC(CC)CC(C)CCCCC(C)C. The fraction of sp³-hybridized carbons (Fsp3) is 1.00. The zero-order chi connectivity index (χ0) is 13.8. The van der Waals surface area contributed by atoms with E-state index in [1.54, 1.807) is 0 Å². The Bertz CT molecular complexity index is 159. The molecule has 2 unspecified atom stereocenters. The van der Waals surface area contributed by atoms with Gasteiger partial charge in [0.25, 0.3) is 0 Å². The Morgan fingerprint density at radius 3 is 1.89 bits per heavy atom. The van der Waals surface area contributed by atoms with E-state index in [1.807, 2.05) is 0 Å². The number of rotatable bonds is 12. The third-order valence-corrected chi connectivity index (χ3v) is 4.26. The molecule has 2 atom stereocenters. The Kier molecular flexibility index (Phi) is 12.1. The number of unbranched alkanes of at least 4 members (excludes halogenated alkanes) is 3. The summed E-state index contributed by atoms with van der Waals surface area (Å²) in [7, 11) is 0. The van der Waals surface area contributed by atoms with E-state index < -0.39 is 0 Å². The van der Waals surface area contributed by atoms with E-state index in [4.69, 9.17) is 0 Å². The predicted octanol–water partition coefficient (Wildman–Crippen LogP) is 6.84. The lowest BCUT2D eigenvalue weighted by atomic mass is 9.86. The van der Waals surface area contributed by atoms with Gasteiger partial charge in [-0.1, -0.05) is 92.4 Å². The Hall–Kier alpha value is 0. The summed E-state index contributed by atoms with van der Waals surface area (Å²) in [5.41, 5.74) is 0. The molecule has 0 spiro atoms. The van der Waals surface area contributed by atoms with Crippen LogP contribution in [0.2, 0.25) is 0 Å². The molecule has 0 aliphatic carbocycles. The lowest BCUT2D eigenvalue weighted by molar-refractivity contribution is 0.329. The Labute approximate surface area is 117 Å². The number of hydrogen-bond donors (Lipinski definition) is 0. The van der Waals surface area contributed by atoms with Gasteiger partial charge in [-0.15, -0.1) is 0 Å². The molecule has 0 heterocycles. The predicted molar refractivity (Wildman–Crippen MR) is 85.0 cm³/mol. The van der Waals surface area contributed by atoms with E-state index in [2.05, 4.69) is 34.6 Å². The summed E-state index contributed by atoms with van der Waals surface area (Å²) in [5.74, 6) is 2.83. The minimum absolute atomic E-state index is 0.887. The van der Waals surface area contributed by atoms with Gasteiger partial charge < -0.3 is 0 Å². The molecule has 0 aliphatic rings. The van der Waals surface area contributed by atoms with E-state index >= 15 is 0 Å². The van der Waals surface area contributed by atoms with E-state index in [-0.39, 0.29) is 0 Å². The third kappa shape index (κ3) is 11.1. The molecular formula is C18H38. The highest BCUT2D eigenvalue weighted by Crippen LogP contribution is 2.25. The highest BCUT2D eigenvalue weighted by atomic mass is 14.2. The van der Waals surface area contributed by atoms with Crippen molar-refractivity contribution in [2.24, 2.45) is 17.8 Å². The van der Waals surface area contributed by atoms with Gasteiger partial charge in [0.2, 0.25) is 0 Å². The van der Waals surface area contributed by atoms with Gasteiger partial charge in [-0.2, -0.15) is 0 Å². The Balaban J connectivity index is 3.59. The van der Waals surface area contributed by atoms with Crippen LogP contribution < -0.4 is 0 Å². The van der Waals surface area contributed by atoms with Crippen molar-refractivity contribution in [1.82, 2.24) is 0 Å². The molecule has 0 aromatic carbocycles. The molecule has 0 radical (unpaired) electrons. The molecule has 0 aromatic heterocycles. The monoisotopic (exact) mass is 254 g/mol. The highest BCUT2D eigenvalue weighted by molar-refractivity contribution is 4.63. The van der Waals surface area contributed by atoms with Gasteiger partial charge in [-0.3, -0.25) is 0 Å². The van der Waals surface area contributed by atoms with Gasteiger partial charge in [0.1, 0.15) is 0 Å². The van der Waals surface area contributed by atoms with Crippen molar-refractivity contribution in [2.75, 3.05) is 0 Å². The Morgan fingerprint density at radius 2 is 1.33 bits per heavy atom. The summed E-state index contributed by atoms with van der Waals surface area (Å²) >= 11 is 0. The molecule has 0 nitrogen and oxygen atoms in total. The molecule has 0 N–H and O–H groups in total. The lowest BCUT2D eigenvalue weighted by Crippen LogP contribution is -2.06. The van der Waals surface area contributed by atoms with Crippen LogP contribution in [0.4, 0.5) is 0 Å².